The van der Waals surface area contributed by atoms with Gasteiger partial charge in [-0.3, -0.25) is 9.69 Å². The normalized spacial score (nSPS) is 26.0. The minimum absolute atomic E-state index is 0.173. The van der Waals surface area contributed by atoms with E-state index in [1.807, 2.05) is 0 Å². The van der Waals surface area contributed by atoms with Crippen LogP contribution in [-0.2, 0) is 4.79 Å². The quantitative estimate of drug-likeness (QED) is 0.909. The van der Waals surface area contributed by atoms with E-state index < -0.39 is 5.97 Å². The van der Waals surface area contributed by atoms with Crippen LogP contribution in [0.2, 0.25) is 0 Å². The summed E-state index contributed by atoms with van der Waals surface area (Å²) in [6.45, 7) is 5.78. The van der Waals surface area contributed by atoms with Crippen LogP contribution < -0.4 is 4.74 Å². The zero-order chi connectivity index (χ0) is 15.0. The van der Waals surface area contributed by atoms with E-state index in [-0.39, 0.29) is 12.1 Å². The zero-order valence-corrected chi connectivity index (χ0v) is 12.8. The molecule has 0 spiro atoms. The van der Waals surface area contributed by atoms with Crippen LogP contribution in [0.15, 0.2) is 12.1 Å². The van der Waals surface area contributed by atoms with Gasteiger partial charge in [0.25, 0.3) is 0 Å². The molecule has 1 N–H and O–H groups in total. The monoisotopic (exact) mass is 289 g/mol. The van der Waals surface area contributed by atoms with Crippen LogP contribution in [0.1, 0.15) is 48.4 Å². The highest BCUT2D eigenvalue weighted by Crippen LogP contribution is 2.41. The number of carboxylic acids is 1. The Morgan fingerprint density at radius 2 is 2.10 bits per heavy atom. The number of fused-ring (bicyclic) bond motifs is 1. The fourth-order valence-corrected chi connectivity index (χ4v) is 3.85. The Hall–Kier alpha value is -1.55. The Kier molecular flexibility index (Phi) is 3.89. The average Bonchev–Trinajstić information content (AvgIpc) is 2.80. The van der Waals surface area contributed by atoms with Gasteiger partial charge in [0.05, 0.1) is 6.61 Å². The standard InChI is InChI=1S/C17H23NO3/c1-11-9-12(2)16-13(6-4-8-21-15(16)10-11)18-7-3-5-14(18)17(19)20/h9-10,13-14H,3-8H2,1-2H3,(H,19,20). The second-order valence-corrected chi connectivity index (χ2v) is 6.23. The molecular weight excluding hydrogens is 266 g/mol. The first-order chi connectivity index (χ1) is 10.1. The molecule has 1 aromatic rings. The number of carboxylic acid groups (broad SMARTS) is 1. The first-order valence-electron chi connectivity index (χ1n) is 7.80. The molecule has 2 heterocycles. The lowest BCUT2D eigenvalue weighted by atomic mass is 9.94. The number of benzene rings is 1. The summed E-state index contributed by atoms with van der Waals surface area (Å²) in [7, 11) is 0. The van der Waals surface area contributed by atoms with Gasteiger partial charge in [0.2, 0.25) is 0 Å². The molecule has 2 aliphatic rings. The topological polar surface area (TPSA) is 49.8 Å². The highest BCUT2D eigenvalue weighted by Gasteiger charge is 2.38. The highest BCUT2D eigenvalue weighted by atomic mass is 16.5. The number of ether oxygens (including phenoxy) is 1. The lowest BCUT2D eigenvalue weighted by Gasteiger charge is -2.32. The van der Waals surface area contributed by atoms with Crippen LogP contribution in [0.4, 0.5) is 0 Å². The van der Waals surface area contributed by atoms with Crippen LogP contribution in [-0.4, -0.2) is 35.2 Å². The van der Waals surface area contributed by atoms with Gasteiger partial charge in [-0.2, -0.15) is 0 Å². The molecule has 0 aromatic heterocycles. The van der Waals surface area contributed by atoms with Crippen molar-refractivity contribution in [1.29, 1.82) is 0 Å². The van der Waals surface area contributed by atoms with E-state index in [9.17, 15) is 9.90 Å². The van der Waals surface area contributed by atoms with Crippen molar-refractivity contribution in [1.82, 2.24) is 4.90 Å². The van der Waals surface area contributed by atoms with Gasteiger partial charge >= 0.3 is 5.97 Å². The molecule has 4 nitrogen and oxygen atoms in total. The molecule has 0 amide bonds. The number of carbonyl (C=O) groups is 1. The fourth-order valence-electron chi connectivity index (χ4n) is 3.85. The summed E-state index contributed by atoms with van der Waals surface area (Å²) in [6.07, 6.45) is 3.67. The lowest BCUT2D eigenvalue weighted by molar-refractivity contribution is -0.143. The zero-order valence-electron chi connectivity index (χ0n) is 12.8. The molecule has 1 fully saturated rings. The van der Waals surface area contributed by atoms with Crippen molar-refractivity contribution in [2.24, 2.45) is 0 Å². The van der Waals surface area contributed by atoms with E-state index >= 15 is 0 Å². The summed E-state index contributed by atoms with van der Waals surface area (Å²) in [4.78, 5) is 13.7. The third kappa shape index (κ3) is 2.64. The minimum Gasteiger partial charge on any atom is -0.493 e. The van der Waals surface area contributed by atoms with Gasteiger partial charge in [-0.25, -0.2) is 0 Å². The Morgan fingerprint density at radius 3 is 2.86 bits per heavy atom. The van der Waals surface area contributed by atoms with Crippen molar-refractivity contribution in [3.63, 3.8) is 0 Å². The highest BCUT2D eigenvalue weighted by molar-refractivity contribution is 5.74. The van der Waals surface area contributed by atoms with Gasteiger partial charge in [0.15, 0.2) is 0 Å². The molecule has 3 rings (SSSR count). The molecule has 2 unspecified atom stereocenters. The molecule has 4 heteroatoms. The SMILES string of the molecule is Cc1cc(C)c2c(c1)OCCCC2N1CCCC1C(=O)O. The van der Waals surface area contributed by atoms with E-state index in [1.54, 1.807) is 0 Å². The number of hydrogen-bond acceptors (Lipinski definition) is 3. The molecule has 0 aliphatic carbocycles. The van der Waals surface area contributed by atoms with Crippen molar-refractivity contribution in [2.45, 2.75) is 51.6 Å². The third-order valence-electron chi connectivity index (χ3n) is 4.69. The number of aliphatic carboxylic acids is 1. The number of nitrogens with zero attached hydrogens (tertiary/aromatic N) is 1. The first-order valence-corrected chi connectivity index (χ1v) is 7.80. The van der Waals surface area contributed by atoms with Gasteiger partial charge in [-0.1, -0.05) is 6.07 Å². The van der Waals surface area contributed by atoms with Crippen molar-refractivity contribution in [3.05, 3.63) is 28.8 Å². The second-order valence-electron chi connectivity index (χ2n) is 6.23. The Morgan fingerprint density at radius 1 is 1.29 bits per heavy atom. The molecule has 0 radical (unpaired) electrons. The van der Waals surface area contributed by atoms with Gasteiger partial charge < -0.3 is 9.84 Å². The smallest absolute Gasteiger partial charge is 0.320 e. The van der Waals surface area contributed by atoms with Crippen molar-refractivity contribution in [2.75, 3.05) is 13.2 Å². The molecule has 2 aliphatic heterocycles. The number of likely N-dealkylation sites (tertiary alicyclic amines) is 1. The maximum atomic E-state index is 11.5. The van der Waals surface area contributed by atoms with Crippen molar-refractivity contribution < 1.29 is 14.6 Å². The fraction of sp³-hybridized carbons (Fsp3) is 0.588. The van der Waals surface area contributed by atoms with E-state index in [1.165, 1.54) is 16.7 Å². The van der Waals surface area contributed by atoms with Crippen LogP contribution >= 0.6 is 0 Å². The molecule has 1 saturated heterocycles. The molecule has 0 saturated carbocycles. The summed E-state index contributed by atoms with van der Waals surface area (Å²) in [5.74, 6) is 0.259. The van der Waals surface area contributed by atoms with E-state index in [2.05, 4.69) is 30.9 Å². The van der Waals surface area contributed by atoms with Gasteiger partial charge in [0, 0.05) is 11.6 Å². The van der Waals surface area contributed by atoms with Crippen molar-refractivity contribution >= 4 is 5.97 Å². The van der Waals surface area contributed by atoms with Gasteiger partial charge in [-0.05, 0) is 63.3 Å². The average molecular weight is 289 g/mol. The van der Waals surface area contributed by atoms with Gasteiger partial charge in [-0.15, -0.1) is 0 Å². The molecule has 1 aromatic carbocycles. The predicted molar refractivity (Wildman–Crippen MR) is 80.7 cm³/mol. The minimum atomic E-state index is -0.691. The second kappa shape index (κ2) is 5.68. The Balaban J connectivity index is 2.02. The predicted octanol–water partition coefficient (Wildman–Crippen LogP) is 3.07. The maximum Gasteiger partial charge on any atom is 0.320 e. The summed E-state index contributed by atoms with van der Waals surface area (Å²) < 4.78 is 5.92. The van der Waals surface area contributed by atoms with E-state index in [0.29, 0.717) is 0 Å². The van der Waals surface area contributed by atoms with E-state index in [0.717, 1.165) is 44.6 Å². The van der Waals surface area contributed by atoms with Crippen LogP contribution in [0, 0.1) is 13.8 Å². The van der Waals surface area contributed by atoms with Crippen LogP contribution in [0.25, 0.3) is 0 Å². The van der Waals surface area contributed by atoms with Crippen LogP contribution in [0.3, 0.4) is 0 Å². The van der Waals surface area contributed by atoms with Crippen LogP contribution in [0.5, 0.6) is 5.75 Å². The summed E-state index contributed by atoms with van der Waals surface area (Å²) in [5.41, 5.74) is 3.61. The number of hydrogen-bond donors (Lipinski definition) is 1. The summed E-state index contributed by atoms with van der Waals surface area (Å²) in [6, 6.07) is 4.09. The Labute approximate surface area is 125 Å². The molecule has 114 valence electrons. The third-order valence-corrected chi connectivity index (χ3v) is 4.69. The molecule has 21 heavy (non-hydrogen) atoms. The summed E-state index contributed by atoms with van der Waals surface area (Å²) in [5, 5.41) is 9.47. The lowest BCUT2D eigenvalue weighted by Crippen LogP contribution is -2.38. The van der Waals surface area contributed by atoms with E-state index in [4.69, 9.17) is 4.74 Å². The van der Waals surface area contributed by atoms with Crippen molar-refractivity contribution in [3.8, 4) is 5.75 Å². The largest absolute Gasteiger partial charge is 0.493 e. The Bertz CT molecular complexity index is 555. The summed E-state index contributed by atoms with van der Waals surface area (Å²) >= 11 is 0. The van der Waals surface area contributed by atoms with Gasteiger partial charge in [0.1, 0.15) is 11.8 Å². The number of aryl methyl sites for hydroxylation is 2. The molecule has 2 atom stereocenters. The number of rotatable bonds is 2. The maximum absolute atomic E-state index is 11.5. The molecule has 0 bridgehead atoms. The first kappa shape index (κ1) is 14.4. The molecular formula is C17H23NO3.